The fourth-order valence-electron chi connectivity index (χ4n) is 1.61. The smallest absolute Gasteiger partial charge is 0.0175 e. The Balaban J connectivity index is 0.00000106. The van der Waals surface area contributed by atoms with Crippen molar-refractivity contribution >= 4 is 15.9 Å². The van der Waals surface area contributed by atoms with Crippen LogP contribution in [-0.2, 0) is 6.42 Å². The van der Waals surface area contributed by atoms with Crippen LogP contribution in [-0.4, -0.2) is 6.04 Å². The second kappa shape index (κ2) is 8.77. The Morgan fingerprint density at radius 2 is 1.62 bits per heavy atom. The van der Waals surface area contributed by atoms with Crippen molar-refractivity contribution in [2.45, 2.75) is 46.6 Å². The van der Waals surface area contributed by atoms with E-state index in [1.807, 2.05) is 13.8 Å². The van der Waals surface area contributed by atoms with E-state index in [-0.39, 0.29) is 6.04 Å². The highest BCUT2D eigenvalue weighted by molar-refractivity contribution is 9.10. The number of hydrogen-bond donors (Lipinski definition) is 1. The Bertz CT molecular complexity index is 267. The number of nitrogens with two attached hydrogens (primary N) is 1. The normalized spacial score (nSPS) is 11.9. The van der Waals surface area contributed by atoms with Crippen molar-refractivity contribution in [3.63, 3.8) is 0 Å². The molecular weight excluding hydrogens is 262 g/mol. The molecule has 1 rings (SSSR count). The maximum absolute atomic E-state index is 6.03. The molecule has 0 fully saturated rings. The maximum Gasteiger partial charge on any atom is 0.0175 e. The van der Waals surface area contributed by atoms with Gasteiger partial charge in [-0.1, -0.05) is 55.8 Å². The van der Waals surface area contributed by atoms with Gasteiger partial charge in [-0.3, -0.25) is 0 Å². The van der Waals surface area contributed by atoms with E-state index >= 15 is 0 Å². The van der Waals surface area contributed by atoms with Crippen molar-refractivity contribution in [2.24, 2.45) is 11.7 Å². The molecule has 2 N–H and O–H groups in total. The third-order valence-electron chi connectivity index (χ3n) is 2.19. The summed E-state index contributed by atoms with van der Waals surface area (Å²) >= 11 is 3.42. The third-order valence-corrected chi connectivity index (χ3v) is 2.71. The Morgan fingerprint density at radius 1 is 1.12 bits per heavy atom. The fourth-order valence-corrected chi connectivity index (χ4v) is 1.88. The maximum atomic E-state index is 6.03. The lowest BCUT2D eigenvalue weighted by Gasteiger charge is -2.13. The molecular formula is C14H24BrN. The summed E-state index contributed by atoms with van der Waals surface area (Å²) in [6.45, 7) is 8.42. The van der Waals surface area contributed by atoms with Crippen LogP contribution in [0.5, 0.6) is 0 Å². The zero-order valence-corrected chi connectivity index (χ0v) is 12.4. The summed E-state index contributed by atoms with van der Waals surface area (Å²) in [5.41, 5.74) is 7.35. The van der Waals surface area contributed by atoms with E-state index < -0.39 is 0 Å². The van der Waals surface area contributed by atoms with Gasteiger partial charge in [-0.05, 0) is 36.5 Å². The van der Waals surface area contributed by atoms with E-state index in [2.05, 4.69) is 54.0 Å². The van der Waals surface area contributed by atoms with E-state index in [0.29, 0.717) is 5.92 Å². The summed E-state index contributed by atoms with van der Waals surface area (Å²) in [7, 11) is 0. The average molecular weight is 286 g/mol. The first-order valence-electron chi connectivity index (χ1n) is 6.08. The largest absolute Gasteiger partial charge is 0.327 e. The van der Waals surface area contributed by atoms with Gasteiger partial charge in [-0.25, -0.2) is 0 Å². The van der Waals surface area contributed by atoms with Crippen LogP contribution in [0.4, 0.5) is 0 Å². The third kappa shape index (κ3) is 7.02. The molecule has 1 aromatic rings. The van der Waals surface area contributed by atoms with Gasteiger partial charge in [-0.2, -0.15) is 0 Å². The fraction of sp³-hybridized carbons (Fsp3) is 0.571. The molecule has 92 valence electrons. The molecule has 2 heteroatoms. The van der Waals surface area contributed by atoms with Gasteiger partial charge in [0.25, 0.3) is 0 Å². The van der Waals surface area contributed by atoms with E-state index in [1.54, 1.807) is 0 Å². The highest BCUT2D eigenvalue weighted by Crippen LogP contribution is 2.13. The van der Waals surface area contributed by atoms with Crippen molar-refractivity contribution in [3.05, 3.63) is 34.3 Å². The predicted octanol–water partition coefficient (Wildman–Crippen LogP) is 4.39. The topological polar surface area (TPSA) is 26.0 Å². The minimum Gasteiger partial charge on any atom is -0.327 e. The summed E-state index contributed by atoms with van der Waals surface area (Å²) in [6, 6.07) is 8.68. The van der Waals surface area contributed by atoms with E-state index in [4.69, 9.17) is 5.73 Å². The van der Waals surface area contributed by atoms with Crippen LogP contribution in [0.15, 0.2) is 28.7 Å². The van der Waals surface area contributed by atoms with Crippen LogP contribution < -0.4 is 5.73 Å². The molecule has 0 bridgehead atoms. The predicted molar refractivity (Wildman–Crippen MR) is 76.6 cm³/mol. The van der Waals surface area contributed by atoms with Gasteiger partial charge < -0.3 is 5.73 Å². The lowest BCUT2D eigenvalue weighted by atomic mass is 9.98. The Morgan fingerprint density at radius 3 is 2.06 bits per heavy atom. The molecule has 0 aliphatic rings. The molecule has 0 saturated carbocycles. The quantitative estimate of drug-likeness (QED) is 0.872. The molecule has 0 aliphatic carbocycles. The number of hydrogen-bond acceptors (Lipinski definition) is 1. The van der Waals surface area contributed by atoms with Gasteiger partial charge in [0.2, 0.25) is 0 Å². The molecule has 0 radical (unpaired) electrons. The summed E-state index contributed by atoms with van der Waals surface area (Å²) in [5.74, 6) is 0.681. The second-order valence-electron chi connectivity index (χ2n) is 4.22. The SMILES string of the molecule is CC.CC(C)CC(N)Cc1ccc(Br)cc1. The molecule has 0 heterocycles. The van der Waals surface area contributed by atoms with Crippen LogP contribution in [0.1, 0.15) is 39.7 Å². The molecule has 0 saturated heterocycles. The molecule has 1 atom stereocenters. The van der Waals surface area contributed by atoms with E-state index in [1.165, 1.54) is 5.56 Å². The van der Waals surface area contributed by atoms with Gasteiger partial charge in [-0.15, -0.1) is 0 Å². The van der Waals surface area contributed by atoms with Gasteiger partial charge in [0, 0.05) is 10.5 Å². The van der Waals surface area contributed by atoms with Gasteiger partial charge in [0.05, 0.1) is 0 Å². The van der Waals surface area contributed by atoms with E-state index in [0.717, 1.165) is 17.3 Å². The zero-order valence-electron chi connectivity index (χ0n) is 10.8. The number of benzene rings is 1. The first-order valence-corrected chi connectivity index (χ1v) is 6.87. The first kappa shape index (κ1) is 15.7. The second-order valence-corrected chi connectivity index (χ2v) is 5.14. The summed E-state index contributed by atoms with van der Waals surface area (Å²) in [4.78, 5) is 0. The average Bonchev–Trinajstić information content (AvgIpc) is 2.23. The highest BCUT2D eigenvalue weighted by Gasteiger charge is 2.06. The van der Waals surface area contributed by atoms with Crippen LogP contribution in [0.25, 0.3) is 0 Å². The minimum atomic E-state index is 0.288. The lowest BCUT2D eigenvalue weighted by molar-refractivity contribution is 0.493. The molecule has 0 amide bonds. The Hall–Kier alpha value is -0.340. The molecule has 1 unspecified atom stereocenters. The summed E-state index contributed by atoms with van der Waals surface area (Å²) in [6.07, 6.45) is 2.07. The highest BCUT2D eigenvalue weighted by atomic mass is 79.9. The summed E-state index contributed by atoms with van der Waals surface area (Å²) in [5, 5.41) is 0. The summed E-state index contributed by atoms with van der Waals surface area (Å²) < 4.78 is 1.12. The number of rotatable bonds is 4. The van der Waals surface area contributed by atoms with Crippen molar-refractivity contribution in [1.82, 2.24) is 0 Å². The van der Waals surface area contributed by atoms with E-state index in [9.17, 15) is 0 Å². The number of halogens is 1. The van der Waals surface area contributed by atoms with Crippen molar-refractivity contribution in [3.8, 4) is 0 Å². The zero-order chi connectivity index (χ0) is 12.6. The molecule has 1 aromatic carbocycles. The van der Waals surface area contributed by atoms with Crippen molar-refractivity contribution < 1.29 is 0 Å². The Labute approximate surface area is 109 Å². The van der Waals surface area contributed by atoms with Crippen molar-refractivity contribution in [1.29, 1.82) is 0 Å². The standard InChI is InChI=1S/C12H18BrN.C2H6/c1-9(2)7-12(14)8-10-3-5-11(13)6-4-10;1-2/h3-6,9,12H,7-8,14H2,1-2H3;1-2H3. The first-order chi connectivity index (χ1) is 7.58. The van der Waals surface area contributed by atoms with Gasteiger partial charge in [0.1, 0.15) is 0 Å². The molecule has 0 aromatic heterocycles. The monoisotopic (exact) mass is 285 g/mol. The van der Waals surface area contributed by atoms with Crippen LogP contribution in [0, 0.1) is 5.92 Å². The van der Waals surface area contributed by atoms with Crippen LogP contribution in [0.3, 0.4) is 0 Å². The molecule has 0 spiro atoms. The minimum absolute atomic E-state index is 0.288. The van der Waals surface area contributed by atoms with Crippen LogP contribution >= 0.6 is 15.9 Å². The van der Waals surface area contributed by atoms with Crippen LogP contribution in [0.2, 0.25) is 0 Å². The lowest BCUT2D eigenvalue weighted by Crippen LogP contribution is -2.24. The van der Waals surface area contributed by atoms with Gasteiger partial charge >= 0.3 is 0 Å². The molecule has 0 aliphatic heterocycles. The van der Waals surface area contributed by atoms with Crippen molar-refractivity contribution in [2.75, 3.05) is 0 Å². The molecule has 1 nitrogen and oxygen atoms in total. The Kier molecular flexibility index (Phi) is 8.58. The van der Waals surface area contributed by atoms with Gasteiger partial charge in [0.15, 0.2) is 0 Å². The molecule has 16 heavy (non-hydrogen) atoms.